The largest absolute Gasteiger partial charge is 0.341 e. The second-order valence-corrected chi connectivity index (χ2v) is 5.82. The van der Waals surface area contributed by atoms with Crippen molar-refractivity contribution < 1.29 is 4.79 Å². The highest BCUT2D eigenvalue weighted by Crippen LogP contribution is 2.38. The van der Waals surface area contributed by atoms with Crippen LogP contribution in [0.5, 0.6) is 0 Å². The minimum Gasteiger partial charge on any atom is -0.341 e. The highest BCUT2D eigenvalue weighted by Gasteiger charge is 2.28. The first-order valence-electron chi connectivity index (χ1n) is 7.97. The lowest BCUT2D eigenvalue weighted by Crippen LogP contribution is -2.41. The second-order valence-electron chi connectivity index (χ2n) is 5.82. The van der Waals surface area contributed by atoms with E-state index in [0.717, 1.165) is 44.5 Å². The molecule has 1 aromatic rings. The first-order valence-corrected chi connectivity index (χ1v) is 7.97. The topological polar surface area (TPSA) is 55.2 Å². The zero-order valence-electron chi connectivity index (χ0n) is 13.2. The van der Waals surface area contributed by atoms with E-state index in [9.17, 15) is 9.59 Å². The summed E-state index contributed by atoms with van der Waals surface area (Å²) in [5.41, 5.74) is 0.736. The van der Waals surface area contributed by atoms with Gasteiger partial charge in [-0.1, -0.05) is 13.8 Å². The number of hydrogen-bond acceptors (Lipinski definition) is 3. The monoisotopic (exact) mass is 291 g/mol. The zero-order chi connectivity index (χ0) is 15.4. The Balaban J connectivity index is 2.21. The normalized spacial score (nSPS) is 15.8. The van der Waals surface area contributed by atoms with Gasteiger partial charge in [-0.25, -0.2) is 4.68 Å². The summed E-state index contributed by atoms with van der Waals surface area (Å²) in [4.78, 5) is 26.5. The molecule has 1 aliphatic carbocycles. The Kier molecular flexibility index (Phi) is 5.15. The van der Waals surface area contributed by atoms with E-state index in [1.54, 1.807) is 13.0 Å². The maximum absolute atomic E-state index is 12.6. The van der Waals surface area contributed by atoms with Gasteiger partial charge in [0.1, 0.15) is 6.04 Å². The molecule has 0 saturated heterocycles. The van der Waals surface area contributed by atoms with Gasteiger partial charge in [0, 0.05) is 25.1 Å². The van der Waals surface area contributed by atoms with Crippen molar-refractivity contribution in [2.45, 2.75) is 58.4 Å². The standard InChI is InChI=1S/C16H25N3O2/c1-4-10-18(11-5-2)16(21)12(3)19-15(20)9-8-14(17-19)13-6-7-13/h8-9,12-13H,4-7,10-11H2,1-3H3. The summed E-state index contributed by atoms with van der Waals surface area (Å²) in [5.74, 6) is 0.461. The van der Waals surface area contributed by atoms with E-state index >= 15 is 0 Å². The van der Waals surface area contributed by atoms with E-state index in [1.165, 1.54) is 10.7 Å². The predicted molar refractivity (Wildman–Crippen MR) is 82.3 cm³/mol. The number of carbonyl (C=O) groups excluding carboxylic acids is 1. The fraction of sp³-hybridized carbons (Fsp3) is 0.688. The van der Waals surface area contributed by atoms with Crippen molar-refractivity contribution in [1.29, 1.82) is 0 Å². The van der Waals surface area contributed by atoms with Gasteiger partial charge < -0.3 is 4.90 Å². The molecule has 1 fully saturated rings. The Morgan fingerprint density at radius 2 is 1.95 bits per heavy atom. The number of nitrogens with zero attached hydrogens (tertiary/aromatic N) is 3. The minimum absolute atomic E-state index is 0.0127. The third kappa shape index (κ3) is 3.71. The molecular formula is C16H25N3O2. The van der Waals surface area contributed by atoms with E-state index in [1.807, 2.05) is 4.90 Å². The van der Waals surface area contributed by atoms with Gasteiger partial charge in [0.2, 0.25) is 5.91 Å². The molecule has 1 saturated carbocycles. The molecule has 1 amide bonds. The molecule has 21 heavy (non-hydrogen) atoms. The fourth-order valence-electron chi connectivity index (χ4n) is 2.56. The van der Waals surface area contributed by atoms with Gasteiger partial charge >= 0.3 is 0 Å². The lowest BCUT2D eigenvalue weighted by atomic mass is 10.2. The summed E-state index contributed by atoms with van der Waals surface area (Å²) >= 11 is 0. The molecule has 1 atom stereocenters. The Bertz CT molecular complexity index is 543. The average Bonchev–Trinajstić information content (AvgIpc) is 3.31. The van der Waals surface area contributed by atoms with Gasteiger partial charge in [-0.2, -0.15) is 5.10 Å². The summed E-state index contributed by atoms with van der Waals surface area (Å²) in [6.45, 7) is 7.34. The van der Waals surface area contributed by atoms with E-state index in [-0.39, 0.29) is 11.5 Å². The highest BCUT2D eigenvalue weighted by atomic mass is 16.2. The lowest BCUT2D eigenvalue weighted by Gasteiger charge is -2.25. The Morgan fingerprint density at radius 1 is 1.33 bits per heavy atom. The molecule has 5 nitrogen and oxygen atoms in total. The minimum atomic E-state index is -0.533. The van der Waals surface area contributed by atoms with Crippen LogP contribution in [0.25, 0.3) is 0 Å². The Labute approximate surface area is 126 Å². The third-order valence-corrected chi connectivity index (χ3v) is 3.86. The first kappa shape index (κ1) is 15.7. The average molecular weight is 291 g/mol. The number of rotatable bonds is 7. The van der Waals surface area contributed by atoms with E-state index in [4.69, 9.17) is 0 Å². The van der Waals surface area contributed by atoms with Crippen LogP contribution in [0.1, 0.15) is 64.1 Å². The predicted octanol–water partition coefficient (Wildman–Crippen LogP) is 2.33. The maximum Gasteiger partial charge on any atom is 0.267 e. The van der Waals surface area contributed by atoms with Crippen LogP contribution in [-0.2, 0) is 4.79 Å². The molecule has 2 rings (SSSR count). The molecule has 0 radical (unpaired) electrons. The molecule has 1 aromatic heterocycles. The van der Waals surface area contributed by atoms with Crippen LogP contribution in [-0.4, -0.2) is 33.7 Å². The molecule has 1 aliphatic rings. The quantitative estimate of drug-likeness (QED) is 0.774. The number of carbonyl (C=O) groups is 1. The van der Waals surface area contributed by atoms with Crippen molar-refractivity contribution in [3.8, 4) is 0 Å². The molecule has 1 heterocycles. The van der Waals surface area contributed by atoms with Gasteiger partial charge in [-0.3, -0.25) is 9.59 Å². The second kappa shape index (κ2) is 6.87. The molecule has 116 valence electrons. The van der Waals surface area contributed by atoms with Crippen LogP contribution >= 0.6 is 0 Å². The van der Waals surface area contributed by atoms with Gasteiger partial charge in [0.15, 0.2) is 0 Å². The van der Waals surface area contributed by atoms with E-state index in [2.05, 4.69) is 18.9 Å². The van der Waals surface area contributed by atoms with Gasteiger partial charge in [-0.05, 0) is 38.7 Å². The molecule has 1 unspecified atom stereocenters. The van der Waals surface area contributed by atoms with Gasteiger partial charge in [0.05, 0.1) is 5.69 Å². The number of aromatic nitrogens is 2. The third-order valence-electron chi connectivity index (χ3n) is 3.86. The smallest absolute Gasteiger partial charge is 0.267 e. The maximum atomic E-state index is 12.6. The van der Waals surface area contributed by atoms with E-state index in [0.29, 0.717) is 5.92 Å². The molecule has 0 spiro atoms. The highest BCUT2D eigenvalue weighted by molar-refractivity contribution is 5.79. The van der Waals surface area contributed by atoms with Crippen molar-refractivity contribution >= 4 is 5.91 Å². The molecule has 5 heteroatoms. The summed E-state index contributed by atoms with van der Waals surface area (Å²) in [5, 5.41) is 4.41. The van der Waals surface area contributed by atoms with Crippen LogP contribution in [0, 0.1) is 0 Å². The molecule has 0 aliphatic heterocycles. The number of amides is 1. The van der Waals surface area contributed by atoms with Gasteiger partial charge in [-0.15, -0.1) is 0 Å². The molecule has 0 N–H and O–H groups in total. The van der Waals surface area contributed by atoms with Crippen LogP contribution in [0.15, 0.2) is 16.9 Å². The molecule has 0 aromatic carbocycles. The van der Waals surface area contributed by atoms with E-state index < -0.39 is 6.04 Å². The Hall–Kier alpha value is -1.65. The molecular weight excluding hydrogens is 266 g/mol. The van der Waals surface area contributed by atoms with Gasteiger partial charge in [0.25, 0.3) is 5.56 Å². The first-order chi connectivity index (χ1) is 10.1. The SMILES string of the molecule is CCCN(CCC)C(=O)C(C)n1nc(C2CC2)ccc1=O. The lowest BCUT2D eigenvalue weighted by molar-refractivity contribution is -0.134. The van der Waals surface area contributed by atoms with Crippen LogP contribution < -0.4 is 5.56 Å². The Morgan fingerprint density at radius 3 is 2.48 bits per heavy atom. The number of hydrogen-bond donors (Lipinski definition) is 0. The summed E-state index contributed by atoms with van der Waals surface area (Å²) < 4.78 is 1.36. The molecule has 0 bridgehead atoms. The van der Waals surface area contributed by atoms with Crippen LogP contribution in [0.3, 0.4) is 0 Å². The van der Waals surface area contributed by atoms with Crippen molar-refractivity contribution in [3.63, 3.8) is 0 Å². The fourth-order valence-corrected chi connectivity index (χ4v) is 2.56. The van der Waals surface area contributed by atoms with Crippen LogP contribution in [0.4, 0.5) is 0 Å². The van der Waals surface area contributed by atoms with Crippen molar-refractivity contribution in [2.75, 3.05) is 13.1 Å². The summed E-state index contributed by atoms with van der Waals surface area (Å²) in [6, 6.07) is 2.80. The van der Waals surface area contributed by atoms with Crippen molar-refractivity contribution in [3.05, 3.63) is 28.2 Å². The van der Waals surface area contributed by atoms with Crippen molar-refractivity contribution in [1.82, 2.24) is 14.7 Å². The summed E-state index contributed by atoms with van der Waals surface area (Å²) in [7, 11) is 0. The zero-order valence-corrected chi connectivity index (χ0v) is 13.2. The van der Waals surface area contributed by atoms with Crippen LogP contribution in [0.2, 0.25) is 0 Å². The van der Waals surface area contributed by atoms with Crippen molar-refractivity contribution in [2.24, 2.45) is 0 Å². The summed E-state index contributed by atoms with van der Waals surface area (Å²) in [6.07, 6.45) is 4.10.